The highest BCUT2D eigenvalue weighted by Gasteiger charge is 2.61. The summed E-state index contributed by atoms with van der Waals surface area (Å²) in [7, 11) is 0. The van der Waals surface area contributed by atoms with E-state index in [9.17, 15) is 9.59 Å². The summed E-state index contributed by atoms with van der Waals surface area (Å²) < 4.78 is 11.5. The molecule has 6 rings (SSSR count). The maximum Gasteiger partial charge on any atom is 0.312 e. The Balaban J connectivity index is 1.29. The molecule has 2 atom stereocenters. The number of ether oxygens (including phenoxy) is 1. The van der Waals surface area contributed by atoms with Gasteiger partial charge in [-0.2, -0.15) is 0 Å². The Morgan fingerprint density at radius 3 is 2.59 bits per heavy atom. The summed E-state index contributed by atoms with van der Waals surface area (Å²) in [6.07, 6.45) is 7.21. The molecule has 4 aliphatic rings. The van der Waals surface area contributed by atoms with Gasteiger partial charge in [0.15, 0.2) is 12.4 Å². The van der Waals surface area contributed by atoms with Crippen LogP contribution in [0.4, 0.5) is 0 Å². The second-order valence-electron chi connectivity index (χ2n) is 9.26. The Morgan fingerprint density at radius 1 is 1.17 bits per heavy atom. The molecule has 0 spiro atoms. The fourth-order valence-electron chi connectivity index (χ4n) is 6.41. The molecule has 0 saturated heterocycles. The summed E-state index contributed by atoms with van der Waals surface area (Å²) in [5.74, 6) is 1.86. The monoisotopic (exact) mass is 394 g/mol. The van der Waals surface area contributed by atoms with Crippen molar-refractivity contribution in [3.63, 3.8) is 0 Å². The maximum atomic E-state index is 13.2. The highest BCUT2D eigenvalue weighted by molar-refractivity contribution is 5.79. The molecule has 1 N–H and O–H groups in total. The van der Waals surface area contributed by atoms with Crippen molar-refractivity contribution in [2.24, 2.45) is 17.3 Å². The van der Waals surface area contributed by atoms with Crippen LogP contribution in [-0.4, -0.2) is 22.4 Å². The van der Waals surface area contributed by atoms with Gasteiger partial charge in [0.05, 0.1) is 11.6 Å². The Hall–Kier alpha value is -2.63. The van der Waals surface area contributed by atoms with E-state index in [2.05, 4.69) is 10.3 Å². The third kappa shape index (κ3) is 3.34. The first-order valence-electron chi connectivity index (χ1n) is 10.4. The third-order valence-corrected chi connectivity index (χ3v) is 6.87. The topological polar surface area (TPSA) is 81.4 Å². The largest absolute Gasteiger partial charge is 0.455 e. The van der Waals surface area contributed by atoms with Crippen LogP contribution in [0.3, 0.4) is 0 Å². The van der Waals surface area contributed by atoms with E-state index < -0.39 is 5.41 Å². The number of amides is 1. The van der Waals surface area contributed by atoms with Gasteiger partial charge in [-0.3, -0.25) is 9.59 Å². The van der Waals surface area contributed by atoms with E-state index in [1.807, 2.05) is 30.3 Å². The molecule has 4 aliphatic carbocycles. The molecule has 4 bridgehead atoms. The lowest BCUT2D eigenvalue weighted by Gasteiger charge is -2.60. The summed E-state index contributed by atoms with van der Waals surface area (Å²) in [5, 5.41) is 3.18. The van der Waals surface area contributed by atoms with Gasteiger partial charge in [0.25, 0.3) is 0 Å². The van der Waals surface area contributed by atoms with E-state index in [0.717, 1.165) is 37.7 Å². The molecule has 4 fully saturated rings. The number of aromatic nitrogens is 1. The summed E-state index contributed by atoms with van der Waals surface area (Å²) >= 11 is 0. The first-order chi connectivity index (χ1) is 14.0. The van der Waals surface area contributed by atoms with Crippen LogP contribution in [0.25, 0.3) is 11.3 Å². The first-order valence-corrected chi connectivity index (χ1v) is 10.4. The zero-order chi connectivity index (χ0) is 20.1. The van der Waals surface area contributed by atoms with E-state index in [0.29, 0.717) is 29.9 Å². The van der Waals surface area contributed by atoms with Crippen molar-refractivity contribution >= 4 is 11.9 Å². The van der Waals surface area contributed by atoms with Gasteiger partial charge in [-0.15, -0.1) is 0 Å². The average Bonchev–Trinajstić information content (AvgIpc) is 3.14. The molecule has 0 aliphatic heterocycles. The minimum absolute atomic E-state index is 0.0105. The van der Waals surface area contributed by atoms with E-state index in [1.165, 1.54) is 0 Å². The number of hydrogen-bond acceptors (Lipinski definition) is 5. The smallest absolute Gasteiger partial charge is 0.312 e. The molecule has 2 unspecified atom stereocenters. The number of carbonyl (C=O) groups is 2. The Labute approximate surface area is 170 Å². The molecule has 29 heavy (non-hydrogen) atoms. The second-order valence-corrected chi connectivity index (χ2v) is 9.26. The molecule has 1 aromatic carbocycles. The van der Waals surface area contributed by atoms with Crippen LogP contribution in [0, 0.1) is 17.3 Å². The highest BCUT2D eigenvalue weighted by atomic mass is 16.5. The molecule has 152 valence electrons. The molecule has 6 nitrogen and oxygen atoms in total. The SMILES string of the molecule is CC(=O)NC12CC3CC(C1)CC(C(=O)OCc1ncc(-c4ccccc4)o1)(C3)C2. The van der Waals surface area contributed by atoms with Gasteiger partial charge in [-0.05, 0) is 50.4 Å². The van der Waals surface area contributed by atoms with Crippen LogP contribution in [0.1, 0.15) is 51.3 Å². The number of nitrogens with zero attached hydrogens (tertiary/aromatic N) is 1. The zero-order valence-electron chi connectivity index (χ0n) is 16.6. The van der Waals surface area contributed by atoms with E-state index in [4.69, 9.17) is 9.15 Å². The molecule has 1 heterocycles. The standard InChI is InChI=1S/C23H26N2O4/c1-15(26)25-23-10-16-7-17(11-23)9-22(8-16,14-23)21(27)28-13-20-24-12-19(29-20)18-5-3-2-4-6-18/h2-6,12,16-17H,7-11,13-14H2,1H3,(H,25,26). The van der Waals surface area contributed by atoms with Crippen LogP contribution in [0.15, 0.2) is 40.9 Å². The van der Waals surface area contributed by atoms with Gasteiger partial charge >= 0.3 is 5.97 Å². The van der Waals surface area contributed by atoms with Gasteiger partial charge in [0.1, 0.15) is 0 Å². The van der Waals surface area contributed by atoms with Crippen molar-refractivity contribution in [3.05, 3.63) is 42.4 Å². The van der Waals surface area contributed by atoms with Crippen LogP contribution < -0.4 is 5.32 Å². The molecule has 2 aromatic rings. The Bertz CT molecular complexity index is 921. The zero-order valence-corrected chi connectivity index (χ0v) is 16.6. The van der Waals surface area contributed by atoms with Crippen molar-refractivity contribution in [1.82, 2.24) is 10.3 Å². The lowest BCUT2D eigenvalue weighted by atomic mass is 9.47. The maximum absolute atomic E-state index is 13.2. The van der Waals surface area contributed by atoms with Gasteiger partial charge in [-0.25, -0.2) is 4.98 Å². The van der Waals surface area contributed by atoms with Crippen molar-refractivity contribution in [2.45, 2.75) is 57.6 Å². The minimum Gasteiger partial charge on any atom is -0.455 e. The quantitative estimate of drug-likeness (QED) is 0.779. The summed E-state index contributed by atoms with van der Waals surface area (Å²) in [6, 6.07) is 9.73. The number of carbonyl (C=O) groups excluding carboxylic acids is 2. The third-order valence-electron chi connectivity index (χ3n) is 6.87. The Kier molecular flexibility index (Phi) is 4.26. The van der Waals surface area contributed by atoms with Crippen LogP contribution in [0.5, 0.6) is 0 Å². The van der Waals surface area contributed by atoms with Gasteiger partial charge in [0, 0.05) is 18.0 Å². The van der Waals surface area contributed by atoms with Gasteiger partial charge in [-0.1, -0.05) is 30.3 Å². The van der Waals surface area contributed by atoms with Crippen LogP contribution in [0.2, 0.25) is 0 Å². The van der Waals surface area contributed by atoms with Crippen molar-refractivity contribution in [3.8, 4) is 11.3 Å². The summed E-state index contributed by atoms with van der Waals surface area (Å²) in [6.45, 7) is 1.60. The number of nitrogens with one attached hydrogen (secondary N) is 1. The number of hydrogen-bond donors (Lipinski definition) is 1. The lowest BCUT2D eigenvalue weighted by Crippen LogP contribution is -2.64. The minimum atomic E-state index is -0.485. The molecule has 1 aromatic heterocycles. The average molecular weight is 394 g/mol. The number of esters is 1. The summed E-state index contributed by atoms with van der Waals surface area (Å²) in [5.41, 5.74) is 0.218. The molecule has 6 heteroatoms. The van der Waals surface area contributed by atoms with Crippen LogP contribution >= 0.6 is 0 Å². The molecular formula is C23H26N2O4. The normalized spacial score (nSPS) is 32.2. The lowest BCUT2D eigenvalue weighted by molar-refractivity contribution is -0.178. The van der Waals surface area contributed by atoms with Crippen molar-refractivity contribution < 1.29 is 18.7 Å². The fourth-order valence-corrected chi connectivity index (χ4v) is 6.41. The van der Waals surface area contributed by atoms with Gasteiger partial charge < -0.3 is 14.5 Å². The molecule has 4 saturated carbocycles. The predicted octanol–water partition coefficient (Wildman–Crippen LogP) is 3.86. The van der Waals surface area contributed by atoms with Gasteiger partial charge in [0.2, 0.25) is 11.8 Å². The fraction of sp³-hybridized carbons (Fsp3) is 0.522. The predicted molar refractivity (Wildman–Crippen MR) is 105 cm³/mol. The van der Waals surface area contributed by atoms with E-state index >= 15 is 0 Å². The number of benzene rings is 1. The number of rotatable bonds is 5. The molecule has 1 amide bonds. The first kappa shape index (κ1) is 18.4. The van der Waals surface area contributed by atoms with Crippen molar-refractivity contribution in [2.75, 3.05) is 0 Å². The molecular weight excluding hydrogens is 368 g/mol. The van der Waals surface area contributed by atoms with E-state index in [-0.39, 0.29) is 24.0 Å². The summed E-state index contributed by atoms with van der Waals surface area (Å²) in [4.78, 5) is 29.2. The number of oxazole rings is 1. The van der Waals surface area contributed by atoms with E-state index in [1.54, 1.807) is 13.1 Å². The molecule has 0 radical (unpaired) electrons. The highest BCUT2D eigenvalue weighted by Crippen LogP contribution is 2.62. The second kappa shape index (κ2) is 6.71. The van der Waals surface area contributed by atoms with Crippen molar-refractivity contribution in [1.29, 1.82) is 0 Å². The Morgan fingerprint density at radius 2 is 1.90 bits per heavy atom. The van der Waals surface area contributed by atoms with Crippen LogP contribution in [-0.2, 0) is 20.9 Å².